The lowest BCUT2D eigenvalue weighted by molar-refractivity contribution is 0.125. The Morgan fingerprint density at radius 2 is 1.65 bits per heavy atom. The molecule has 8 heteroatoms. The smallest absolute Gasteiger partial charge is 0.317 e. The van der Waals surface area contributed by atoms with Gasteiger partial charge in [-0.1, -0.05) is 0 Å². The van der Waals surface area contributed by atoms with Crippen LogP contribution in [0.2, 0.25) is 0 Å². The average Bonchev–Trinajstić information content (AvgIpc) is 2.98. The van der Waals surface area contributed by atoms with E-state index in [0.29, 0.717) is 6.54 Å². The topological polar surface area (TPSA) is 86.7 Å². The van der Waals surface area contributed by atoms with Crippen molar-refractivity contribution in [1.29, 1.82) is 5.26 Å². The summed E-state index contributed by atoms with van der Waals surface area (Å²) >= 11 is 0. The fourth-order valence-electron chi connectivity index (χ4n) is 2.91. The number of rotatable bonds is 10. The molecule has 0 aromatic heterocycles. The van der Waals surface area contributed by atoms with Crippen LogP contribution in [-0.4, -0.2) is 106 Å². The van der Waals surface area contributed by atoms with Crippen LogP contribution in [0.3, 0.4) is 0 Å². The van der Waals surface area contributed by atoms with E-state index in [9.17, 15) is 4.79 Å². The summed E-state index contributed by atoms with van der Waals surface area (Å²) in [5, 5.41) is 17.7. The zero-order chi connectivity index (χ0) is 16.3. The predicted molar refractivity (Wildman–Crippen MR) is 89.2 cm³/mol. The Labute approximate surface area is 138 Å². The zero-order valence-corrected chi connectivity index (χ0v) is 13.9. The molecule has 0 spiro atoms. The van der Waals surface area contributed by atoms with E-state index in [1.54, 1.807) is 0 Å². The first-order valence-corrected chi connectivity index (χ1v) is 8.55. The molecule has 2 amide bonds. The number of carbonyl (C=O) groups is 1. The van der Waals surface area contributed by atoms with Crippen LogP contribution in [-0.2, 0) is 0 Å². The Bertz CT molecular complexity index is 390. The van der Waals surface area contributed by atoms with Crippen molar-refractivity contribution in [2.24, 2.45) is 0 Å². The summed E-state index contributed by atoms with van der Waals surface area (Å²) in [6.45, 7) is 12.0. The van der Waals surface area contributed by atoms with Crippen LogP contribution in [0.1, 0.15) is 0 Å². The molecule has 130 valence electrons. The molecule has 0 bridgehead atoms. The number of urea groups is 1. The minimum absolute atomic E-state index is 0.0824. The van der Waals surface area contributed by atoms with E-state index in [2.05, 4.69) is 31.8 Å². The summed E-state index contributed by atoms with van der Waals surface area (Å²) in [6, 6.07) is 2.15. The minimum Gasteiger partial charge on any atom is -0.336 e. The quantitative estimate of drug-likeness (QED) is 0.329. The molecule has 2 rings (SSSR count). The molecule has 0 aliphatic carbocycles. The molecular weight excluding hydrogens is 294 g/mol. The molecule has 2 aliphatic rings. The molecule has 0 atom stereocenters. The minimum atomic E-state index is 0.0824. The molecule has 2 fully saturated rings. The molecule has 0 unspecified atom stereocenters. The van der Waals surface area contributed by atoms with Crippen molar-refractivity contribution in [2.45, 2.75) is 0 Å². The Balaban J connectivity index is 1.46. The van der Waals surface area contributed by atoms with E-state index in [1.807, 2.05) is 4.90 Å². The first kappa shape index (κ1) is 17.9. The highest BCUT2D eigenvalue weighted by Crippen LogP contribution is 2.03. The SMILES string of the molecule is N#CCNCCNCCN1CCN(CCN2CCNC2=O)CC1. The van der Waals surface area contributed by atoms with Gasteiger partial charge in [0.15, 0.2) is 0 Å². The second kappa shape index (κ2) is 10.4. The summed E-state index contributed by atoms with van der Waals surface area (Å²) < 4.78 is 0. The van der Waals surface area contributed by atoms with Crippen LogP contribution in [0, 0.1) is 11.3 Å². The summed E-state index contributed by atoms with van der Waals surface area (Å²) in [5.74, 6) is 0. The largest absolute Gasteiger partial charge is 0.336 e. The van der Waals surface area contributed by atoms with Gasteiger partial charge < -0.3 is 20.9 Å². The first-order valence-electron chi connectivity index (χ1n) is 8.55. The second-order valence-corrected chi connectivity index (χ2v) is 5.99. The van der Waals surface area contributed by atoms with E-state index in [0.717, 1.165) is 78.5 Å². The summed E-state index contributed by atoms with van der Waals surface area (Å²) in [6.07, 6.45) is 0. The van der Waals surface area contributed by atoms with Gasteiger partial charge in [0.05, 0.1) is 12.6 Å². The van der Waals surface area contributed by atoms with E-state index >= 15 is 0 Å². The van der Waals surface area contributed by atoms with Crippen LogP contribution in [0.15, 0.2) is 0 Å². The van der Waals surface area contributed by atoms with Gasteiger partial charge in [-0.15, -0.1) is 0 Å². The molecule has 2 aliphatic heterocycles. The van der Waals surface area contributed by atoms with Crippen molar-refractivity contribution in [3.8, 4) is 6.07 Å². The maximum absolute atomic E-state index is 11.5. The lowest BCUT2D eigenvalue weighted by Gasteiger charge is -2.35. The fraction of sp³-hybridized carbons (Fsp3) is 0.867. The molecule has 2 heterocycles. The predicted octanol–water partition coefficient (Wildman–Crippen LogP) is -1.67. The lowest BCUT2D eigenvalue weighted by Crippen LogP contribution is -2.50. The van der Waals surface area contributed by atoms with Gasteiger partial charge in [0, 0.05) is 78.5 Å². The van der Waals surface area contributed by atoms with Crippen molar-refractivity contribution < 1.29 is 4.79 Å². The van der Waals surface area contributed by atoms with E-state index in [4.69, 9.17) is 5.26 Å². The second-order valence-electron chi connectivity index (χ2n) is 5.99. The number of amides is 2. The monoisotopic (exact) mass is 323 g/mol. The van der Waals surface area contributed by atoms with Gasteiger partial charge in [0.1, 0.15) is 0 Å². The van der Waals surface area contributed by atoms with Crippen molar-refractivity contribution in [2.75, 3.05) is 85.1 Å². The van der Waals surface area contributed by atoms with Gasteiger partial charge in [-0.05, 0) is 0 Å². The Morgan fingerprint density at radius 1 is 0.957 bits per heavy atom. The van der Waals surface area contributed by atoms with Crippen molar-refractivity contribution in [3.05, 3.63) is 0 Å². The van der Waals surface area contributed by atoms with E-state index in [1.165, 1.54) is 0 Å². The van der Waals surface area contributed by atoms with Crippen molar-refractivity contribution >= 4 is 6.03 Å². The molecule has 0 saturated carbocycles. The number of carbonyl (C=O) groups excluding carboxylic acids is 1. The van der Waals surface area contributed by atoms with Crippen LogP contribution >= 0.6 is 0 Å². The first-order chi connectivity index (χ1) is 11.3. The number of hydrogen-bond donors (Lipinski definition) is 3. The average molecular weight is 323 g/mol. The molecular formula is C15H29N7O. The van der Waals surface area contributed by atoms with E-state index < -0.39 is 0 Å². The zero-order valence-electron chi connectivity index (χ0n) is 13.9. The normalized spacial score (nSPS) is 19.8. The standard InChI is InChI=1S/C15H29N7O/c16-1-2-17-3-4-18-5-7-20-9-11-21(12-10-20)13-14-22-8-6-19-15(22)23/h17-18H,2-14H2,(H,19,23). The molecule has 0 aromatic carbocycles. The molecule has 0 aromatic rings. The van der Waals surface area contributed by atoms with Gasteiger partial charge in [-0.3, -0.25) is 9.80 Å². The highest BCUT2D eigenvalue weighted by molar-refractivity contribution is 5.76. The number of piperazine rings is 1. The third kappa shape index (κ3) is 6.71. The number of nitrogens with one attached hydrogen (secondary N) is 3. The molecule has 0 radical (unpaired) electrons. The highest BCUT2D eigenvalue weighted by atomic mass is 16.2. The van der Waals surface area contributed by atoms with Gasteiger partial charge in [0.2, 0.25) is 0 Å². The maximum atomic E-state index is 11.5. The van der Waals surface area contributed by atoms with Crippen molar-refractivity contribution in [3.63, 3.8) is 0 Å². The summed E-state index contributed by atoms with van der Waals surface area (Å²) in [5.41, 5.74) is 0. The molecule has 3 N–H and O–H groups in total. The molecule has 8 nitrogen and oxygen atoms in total. The summed E-state index contributed by atoms with van der Waals surface area (Å²) in [4.78, 5) is 18.3. The fourth-order valence-corrected chi connectivity index (χ4v) is 2.91. The van der Waals surface area contributed by atoms with Crippen LogP contribution < -0.4 is 16.0 Å². The summed E-state index contributed by atoms with van der Waals surface area (Å²) in [7, 11) is 0. The van der Waals surface area contributed by atoms with E-state index in [-0.39, 0.29) is 6.03 Å². The van der Waals surface area contributed by atoms with Crippen molar-refractivity contribution in [1.82, 2.24) is 30.7 Å². The maximum Gasteiger partial charge on any atom is 0.317 e. The molecule has 23 heavy (non-hydrogen) atoms. The van der Waals surface area contributed by atoms with Gasteiger partial charge in [0.25, 0.3) is 0 Å². The Hall–Kier alpha value is -1.40. The van der Waals surface area contributed by atoms with Crippen LogP contribution in [0.5, 0.6) is 0 Å². The lowest BCUT2D eigenvalue weighted by atomic mass is 10.3. The third-order valence-corrected chi connectivity index (χ3v) is 4.38. The van der Waals surface area contributed by atoms with Crippen LogP contribution in [0.25, 0.3) is 0 Å². The highest BCUT2D eigenvalue weighted by Gasteiger charge is 2.21. The third-order valence-electron chi connectivity index (χ3n) is 4.38. The Kier molecular flexibility index (Phi) is 8.11. The number of nitrogens with zero attached hydrogens (tertiary/aromatic N) is 4. The van der Waals surface area contributed by atoms with Crippen LogP contribution in [0.4, 0.5) is 4.79 Å². The van der Waals surface area contributed by atoms with Gasteiger partial charge >= 0.3 is 6.03 Å². The van der Waals surface area contributed by atoms with Gasteiger partial charge in [-0.2, -0.15) is 5.26 Å². The van der Waals surface area contributed by atoms with Gasteiger partial charge in [-0.25, -0.2) is 4.79 Å². The Morgan fingerprint density at radius 3 is 2.30 bits per heavy atom. The molecule has 2 saturated heterocycles. The number of nitriles is 1. The number of hydrogen-bond acceptors (Lipinski definition) is 6.